The Labute approximate surface area is 122 Å². The molecule has 2 saturated carbocycles. The SMILES string of the molecule is COCCN(C)C1CCCC(NC2CC2)(C(=O)OC)C1. The Morgan fingerprint density at radius 3 is 2.70 bits per heavy atom. The largest absolute Gasteiger partial charge is 0.468 e. The van der Waals surface area contributed by atoms with Gasteiger partial charge in [0.2, 0.25) is 0 Å². The van der Waals surface area contributed by atoms with Crippen molar-refractivity contribution >= 4 is 5.97 Å². The highest BCUT2D eigenvalue weighted by atomic mass is 16.5. The second-order valence-corrected chi connectivity index (χ2v) is 6.22. The maximum Gasteiger partial charge on any atom is 0.326 e. The van der Waals surface area contributed by atoms with Gasteiger partial charge in [-0.2, -0.15) is 0 Å². The molecule has 0 aromatic rings. The van der Waals surface area contributed by atoms with Crippen LogP contribution in [0.4, 0.5) is 0 Å². The van der Waals surface area contributed by atoms with Gasteiger partial charge in [0.25, 0.3) is 0 Å². The molecule has 2 rings (SSSR count). The van der Waals surface area contributed by atoms with Gasteiger partial charge < -0.3 is 14.4 Å². The summed E-state index contributed by atoms with van der Waals surface area (Å²) in [6, 6.07) is 0.932. The number of esters is 1. The van der Waals surface area contributed by atoms with Crippen LogP contribution in [0, 0.1) is 0 Å². The van der Waals surface area contributed by atoms with Crippen molar-refractivity contribution in [3.8, 4) is 0 Å². The van der Waals surface area contributed by atoms with E-state index in [1.165, 1.54) is 20.0 Å². The highest BCUT2D eigenvalue weighted by Crippen LogP contribution is 2.35. The number of carbonyl (C=O) groups is 1. The maximum absolute atomic E-state index is 12.3. The molecule has 0 spiro atoms. The van der Waals surface area contributed by atoms with Gasteiger partial charge in [0.1, 0.15) is 5.54 Å². The first-order valence-electron chi connectivity index (χ1n) is 7.66. The summed E-state index contributed by atoms with van der Waals surface area (Å²) >= 11 is 0. The third-order valence-corrected chi connectivity index (χ3v) is 4.63. The average molecular weight is 284 g/mol. The van der Waals surface area contributed by atoms with Crippen LogP contribution in [0.1, 0.15) is 38.5 Å². The molecular weight excluding hydrogens is 256 g/mol. The standard InChI is InChI=1S/C15H28N2O3/c1-17(9-10-19-2)13-5-4-8-15(11-13,14(18)20-3)16-12-6-7-12/h12-13,16H,4-11H2,1-3H3. The first-order chi connectivity index (χ1) is 9.61. The van der Waals surface area contributed by atoms with Crippen LogP contribution in [0.3, 0.4) is 0 Å². The first-order valence-corrected chi connectivity index (χ1v) is 7.66. The lowest BCUT2D eigenvalue weighted by Gasteiger charge is -2.42. The number of methoxy groups -OCH3 is 2. The highest BCUT2D eigenvalue weighted by molar-refractivity contribution is 5.81. The Bertz CT molecular complexity index is 333. The number of nitrogens with zero attached hydrogens (tertiary/aromatic N) is 1. The molecule has 2 aliphatic carbocycles. The summed E-state index contributed by atoms with van der Waals surface area (Å²) in [6.45, 7) is 1.64. The van der Waals surface area contributed by atoms with Gasteiger partial charge in [0.15, 0.2) is 0 Å². The molecule has 0 aliphatic heterocycles. The molecule has 2 atom stereocenters. The van der Waals surface area contributed by atoms with Gasteiger partial charge >= 0.3 is 5.97 Å². The number of nitrogens with one attached hydrogen (secondary N) is 1. The second kappa shape index (κ2) is 6.87. The zero-order chi connectivity index (χ0) is 14.6. The fourth-order valence-electron chi connectivity index (χ4n) is 3.23. The molecule has 20 heavy (non-hydrogen) atoms. The number of hydrogen-bond acceptors (Lipinski definition) is 5. The lowest BCUT2D eigenvalue weighted by molar-refractivity contribution is -0.151. The molecule has 116 valence electrons. The van der Waals surface area contributed by atoms with Gasteiger partial charge in [-0.3, -0.25) is 10.1 Å². The van der Waals surface area contributed by atoms with Gasteiger partial charge in [-0.25, -0.2) is 0 Å². The minimum absolute atomic E-state index is 0.0887. The monoisotopic (exact) mass is 284 g/mol. The third-order valence-electron chi connectivity index (χ3n) is 4.63. The van der Waals surface area contributed by atoms with Gasteiger partial charge in [-0.15, -0.1) is 0 Å². The Morgan fingerprint density at radius 1 is 1.35 bits per heavy atom. The van der Waals surface area contributed by atoms with Crippen molar-refractivity contribution in [1.29, 1.82) is 0 Å². The predicted molar refractivity (Wildman–Crippen MR) is 77.7 cm³/mol. The zero-order valence-corrected chi connectivity index (χ0v) is 13.0. The summed E-state index contributed by atoms with van der Waals surface area (Å²) < 4.78 is 10.2. The fourth-order valence-corrected chi connectivity index (χ4v) is 3.23. The van der Waals surface area contributed by atoms with E-state index in [1.54, 1.807) is 7.11 Å². The number of likely N-dealkylation sites (N-methyl/N-ethyl adjacent to an activating group) is 1. The molecule has 0 aromatic carbocycles. The number of ether oxygens (including phenoxy) is 2. The van der Waals surface area contributed by atoms with Crippen molar-refractivity contribution in [2.45, 2.75) is 56.1 Å². The molecule has 5 heteroatoms. The molecular formula is C15H28N2O3. The molecule has 0 saturated heterocycles. The van der Waals surface area contributed by atoms with E-state index in [4.69, 9.17) is 9.47 Å². The van der Waals surface area contributed by atoms with E-state index in [1.807, 2.05) is 0 Å². The van der Waals surface area contributed by atoms with Crippen molar-refractivity contribution in [2.75, 3.05) is 34.4 Å². The second-order valence-electron chi connectivity index (χ2n) is 6.22. The first kappa shape index (κ1) is 15.7. The van der Waals surface area contributed by atoms with Crippen LogP contribution in [-0.2, 0) is 14.3 Å². The Morgan fingerprint density at radius 2 is 2.10 bits per heavy atom. The zero-order valence-electron chi connectivity index (χ0n) is 13.0. The highest BCUT2D eigenvalue weighted by Gasteiger charge is 2.47. The van der Waals surface area contributed by atoms with Gasteiger partial charge in [-0.05, 0) is 45.6 Å². The van der Waals surface area contributed by atoms with E-state index in [0.717, 1.165) is 38.8 Å². The number of carbonyl (C=O) groups excluding carboxylic acids is 1. The molecule has 0 heterocycles. The molecule has 1 N–H and O–H groups in total. The number of hydrogen-bond donors (Lipinski definition) is 1. The van der Waals surface area contributed by atoms with E-state index in [0.29, 0.717) is 12.1 Å². The Balaban J connectivity index is 2.01. The molecule has 2 unspecified atom stereocenters. The van der Waals surface area contributed by atoms with Crippen LogP contribution in [0.15, 0.2) is 0 Å². The van der Waals surface area contributed by atoms with Crippen LogP contribution in [-0.4, -0.2) is 62.9 Å². The third kappa shape index (κ3) is 3.71. The van der Waals surface area contributed by atoms with Crippen molar-refractivity contribution in [2.24, 2.45) is 0 Å². The summed E-state index contributed by atoms with van der Waals surface area (Å²) in [5.74, 6) is -0.0887. The van der Waals surface area contributed by atoms with E-state index in [9.17, 15) is 4.79 Å². The minimum atomic E-state index is -0.472. The lowest BCUT2D eigenvalue weighted by Crippen LogP contribution is -2.59. The van der Waals surface area contributed by atoms with Gasteiger partial charge in [0.05, 0.1) is 13.7 Å². The topological polar surface area (TPSA) is 50.8 Å². The fraction of sp³-hybridized carbons (Fsp3) is 0.933. The van der Waals surface area contributed by atoms with E-state index in [2.05, 4.69) is 17.3 Å². The molecule has 0 amide bonds. The van der Waals surface area contributed by atoms with Crippen LogP contribution in [0.25, 0.3) is 0 Å². The van der Waals surface area contributed by atoms with Gasteiger partial charge in [0, 0.05) is 25.7 Å². The van der Waals surface area contributed by atoms with Crippen molar-refractivity contribution in [3.63, 3.8) is 0 Å². The summed E-state index contributed by atoms with van der Waals surface area (Å²) in [4.78, 5) is 14.6. The van der Waals surface area contributed by atoms with Crippen LogP contribution < -0.4 is 5.32 Å². The van der Waals surface area contributed by atoms with Gasteiger partial charge in [-0.1, -0.05) is 0 Å². The molecule has 2 fully saturated rings. The van der Waals surface area contributed by atoms with Crippen molar-refractivity contribution in [3.05, 3.63) is 0 Å². The number of rotatable bonds is 7. The Hall–Kier alpha value is -0.650. The quantitative estimate of drug-likeness (QED) is 0.711. The minimum Gasteiger partial charge on any atom is -0.468 e. The molecule has 0 aromatic heterocycles. The predicted octanol–water partition coefficient (Wildman–Crippen LogP) is 1.17. The van der Waals surface area contributed by atoms with E-state index < -0.39 is 5.54 Å². The normalized spacial score (nSPS) is 30.5. The van der Waals surface area contributed by atoms with Crippen LogP contribution in [0.2, 0.25) is 0 Å². The molecule has 0 radical (unpaired) electrons. The van der Waals surface area contributed by atoms with E-state index >= 15 is 0 Å². The lowest BCUT2D eigenvalue weighted by atomic mass is 9.78. The van der Waals surface area contributed by atoms with Crippen molar-refractivity contribution in [1.82, 2.24) is 10.2 Å². The molecule has 5 nitrogen and oxygen atoms in total. The van der Waals surface area contributed by atoms with Crippen LogP contribution in [0.5, 0.6) is 0 Å². The maximum atomic E-state index is 12.3. The van der Waals surface area contributed by atoms with Crippen LogP contribution >= 0.6 is 0 Å². The molecule has 2 aliphatic rings. The summed E-state index contributed by atoms with van der Waals surface area (Å²) in [6.07, 6.45) is 6.31. The molecule has 0 bridgehead atoms. The summed E-state index contributed by atoms with van der Waals surface area (Å²) in [7, 11) is 5.34. The van der Waals surface area contributed by atoms with Crippen molar-refractivity contribution < 1.29 is 14.3 Å². The van der Waals surface area contributed by atoms with E-state index in [-0.39, 0.29) is 5.97 Å². The summed E-state index contributed by atoms with van der Waals surface area (Å²) in [5.41, 5.74) is -0.472. The smallest absolute Gasteiger partial charge is 0.326 e. The Kier molecular flexibility index (Phi) is 5.41. The summed E-state index contributed by atoms with van der Waals surface area (Å²) in [5, 5.41) is 3.57. The average Bonchev–Trinajstić information content (AvgIpc) is 3.27.